The van der Waals surface area contributed by atoms with Gasteiger partial charge in [0.1, 0.15) is 4.33 Å². The van der Waals surface area contributed by atoms with Gasteiger partial charge in [0, 0.05) is 10.2 Å². The van der Waals surface area contributed by atoms with Crippen molar-refractivity contribution in [3.63, 3.8) is 0 Å². The van der Waals surface area contributed by atoms with Gasteiger partial charge in [-0.05, 0) is 24.6 Å². The summed E-state index contributed by atoms with van der Waals surface area (Å²) in [6.07, 6.45) is 0.524. The Morgan fingerprint density at radius 3 is 2.73 bits per heavy atom. The van der Waals surface area contributed by atoms with E-state index in [0.29, 0.717) is 6.42 Å². The fourth-order valence-electron chi connectivity index (χ4n) is 1.29. The van der Waals surface area contributed by atoms with Crippen LogP contribution in [0.4, 0.5) is 5.69 Å². The minimum absolute atomic E-state index is 0.127. The summed E-state index contributed by atoms with van der Waals surface area (Å²) in [7, 11) is 0. The Labute approximate surface area is 106 Å². The van der Waals surface area contributed by atoms with Gasteiger partial charge in [0.15, 0.2) is 0 Å². The zero-order chi connectivity index (χ0) is 11.1. The van der Waals surface area contributed by atoms with Crippen LogP contribution in [0.2, 0.25) is 0 Å². The van der Waals surface area contributed by atoms with Crippen LogP contribution in [-0.2, 0) is 4.79 Å². The summed E-state index contributed by atoms with van der Waals surface area (Å²) < 4.78 is 0.0509. The largest absolute Gasteiger partial charge is 0.326 e. The van der Waals surface area contributed by atoms with Gasteiger partial charge in [-0.1, -0.05) is 22.0 Å². The Morgan fingerprint density at radius 1 is 1.53 bits per heavy atom. The number of carbonyl (C=O) groups is 1. The first-order valence-corrected chi connectivity index (χ1v) is 5.98. The summed E-state index contributed by atoms with van der Waals surface area (Å²) in [5.41, 5.74) is 0.741. The minimum Gasteiger partial charge on any atom is -0.326 e. The molecule has 1 aromatic carbocycles. The molecule has 1 aliphatic carbocycles. The summed E-state index contributed by atoms with van der Waals surface area (Å²) >= 11 is 14.9. The van der Waals surface area contributed by atoms with Gasteiger partial charge in [0.05, 0.1) is 5.92 Å². The molecule has 0 aliphatic heterocycles. The lowest BCUT2D eigenvalue weighted by Crippen LogP contribution is -2.16. The number of benzene rings is 1. The van der Waals surface area contributed by atoms with E-state index in [-0.39, 0.29) is 11.8 Å². The van der Waals surface area contributed by atoms with Crippen molar-refractivity contribution in [1.29, 1.82) is 0 Å². The van der Waals surface area contributed by atoms with E-state index in [1.807, 2.05) is 24.3 Å². The molecule has 1 fully saturated rings. The predicted molar refractivity (Wildman–Crippen MR) is 65.3 cm³/mol. The molecule has 0 aromatic heterocycles. The molecule has 5 heteroatoms. The highest BCUT2D eigenvalue weighted by Crippen LogP contribution is 2.53. The number of nitrogens with one attached hydrogen (secondary N) is 1. The Bertz CT molecular complexity index is 408. The first-order valence-electron chi connectivity index (χ1n) is 4.43. The number of carbonyl (C=O) groups excluding carboxylic acids is 1. The predicted octanol–water partition coefficient (Wildman–Crippen LogP) is 3.58. The summed E-state index contributed by atoms with van der Waals surface area (Å²) in [6, 6.07) is 7.38. The Kier molecular flexibility index (Phi) is 2.97. The zero-order valence-electron chi connectivity index (χ0n) is 7.64. The molecule has 2 rings (SSSR count). The van der Waals surface area contributed by atoms with Crippen LogP contribution in [-0.4, -0.2) is 10.2 Å². The molecule has 2 nitrogen and oxygen atoms in total. The lowest BCUT2D eigenvalue weighted by molar-refractivity contribution is -0.117. The molecule has 1 aliphatic rings. The number of halogens is 3. The number of hydrogen-bond donors (Lipinski definition) is 1. The van der Waals surface area contributed by atoms with Crippen molar-refractivity contribution in [2.45, 2.75) is 10.8 Å². The van der Waals surface area contributed by atoms with Crippen LogP contribution in [0.1, 0.15) is 6.42 Å². The molecular formula is C10H8BrCl2NO. The molecule has 0 spiro atoms. The zero-order valence-corrected chi connectivity index (χ0v) is 10.7. The third-order valence-electron chi connectivity index (χ3n) is 2.23. The molecule has 1 saturated carbocycles. The van der Waals surface area contributed by atoms with Gasteiger partial charge in [-0.3, -0.25) is 4.79 Å². The molecule has 1 amide bonds. The van der Waals surface area contributed by atoms with Crippen molar-refractivity contribution in [3.05, 3.63) is 28.7 Å². The molecule has 0 bridgehead atoms. The van der Waals surface area contributed by atoms with Crippen LogP contribution < -0.4 is 5.32 Å². The molecule has 1 aromatic rings. The van der Waals surface area contributed by atoms with Crippen LogP contribution in [0.3, 0.4) is 0 Å². The fraction of sp³-hybridized carbons (Fsp3) is 0.300. The molecule has 0 saturated heterocycles. The van der Waals surface area contributed by atoms with Gasteiger partial charge < -0.3 is 5.32 Å². The lowest BCUT2D eigenvalue weighted by atomic mass is 10.3. The second kappa shape index (κ2) is 3.96. The van der Waals surface area contributed by atoms with E-state index in [0.717, 1.165) is 10.2 Å². The highest BCUT2D eigenvalue weighted by molar-refractivity contribution is 9.10. The maximum atomic E-state index is 11.6. The van der Waals surface area contributed by atoms with Crippen molar-refractivity contribution in [2.75, 3.05) is 5.32 Å². The van der Waals surface area contributed by atoms with E-state index in [4.69, 9.17) is 23.2 Å². The standard InChI is InChI=1S/C10H8BrCl2NO/c11-6-2-1-3-7(4-6)14-9(15)8-5-10(8,12)13/h1-4,8H,5H2,(H,14,15). The quantitative estimate of drug-likeness (QED) is 0.831. The molecular weight excluding hydrogens is 301 g/mol. The van der Waals surface area contributed by atoms with E-state index >= 15 is 0 Å². The summed E-state index contributed by atoms with van der Waals surface area (Å²) in [4.78, 5) is 11.6. The van der Waals surface area contributed by atoms with Crippen LogP contribution in [0.15, 0.2) is 28.7 Å². The summed E-state index contributed by atoms with van der Waals surface area (Å²) in [5.74, 6) is -0.419. The Hall–Kier alpha value is -0.250. The van der Waals surface area contributed by atoms with E-state index in [2.05, 4.69) is 21.2 Å². The maximum absolute atomic E-state index is 11.6. The Morgan fingerprint density at radius 2 is 2.20 bits per heavy atom. The summed E-state index contributed by atoms with van der Waals surface area (Å²) in [6.45, 7) is 0. The first-order chi connectivity index (χ1) is 6.99. The minimum atomic E-state index is -0.865. The van der Waals surface area contributed by atoms with Gasteiger partial charge in [0.25, 0.3) is 0 Å². The van der Waals surface area contributed by atoms with Gasteiger partial charge >= 0.3 is 0 Å². The smallest absolute Gasteiger partial charge is 0.230 e. The third kappa shape index (κ3) is 2.65. The van der Waals surface area contributed by atoms with Crippen LogP contribution in [0.5, 0.6) is 0 Å². The highest BCUT2D eigenvalue weighted by Gasteiger charge is 2.56. The van der Waals surface area contributed by atoms with Crippen molar-refractivity contribution in [2.24, 2.45) is 5.92 Å². The molecule has 0 radical (unpaired) electrons. The van der Waals surface area contributed by atoms with E-state index in [1.54, 1.807) is 0 Å². The van der Waals surface area contributed by atoms with Gasteiger partial charge in [-0.25, -0.2) is 0 Å². The normalized spacial score (nSPS) is 22.2. The van der Waals surface area contributed by atoms with Crippen molar-refractivity contribution in [1.82, 2.24) is 0 Å². The molecule has 15 heavy (non-hydrogen) atoms. The SMILES string of the molecule is O=C(Nc1cccc(Br)c1)C1CC1(Cl)Cl. The number of alkyl halides is 2. The average Bonchev–Trinajstić information content (AvgIpc) is 2.75. The lowest BCUT2D eigenvalue weighted by Gasteiger charge is -2.05. The highest BCUT2D eigenvalue weighted by atomic mass is 79.9. The number of rotatable bonds is 2. The molecule has 1 N–H and O–H groups in total. The number of hydrogen-bond acceptors (Lipinski definition) is 1. The Balaban J connectivity index is 2.01. The molecule has 80 valence electrons. The van der Waals surface area contributed by atoms with Crippen molar-refractivity contribution in [3.8, 4) is 0 Å². The molecule has 1 atom stereocenters. The van der Waals surface area contributed by atoms with Crippen LogP contribution in [0, 0.1) is 5.92 Å². The average molecular weight is 309 g/mol. The summed E-state index contributed by atoms with van der Waals surface area (Å²) in [5, 5.41) is 2.76. The van der Waals surface area contributed by atoms with Gasteiger partial charge in [-0.15, -0.1) is 23.2 Å². The fourth-order valence-corrected chi connectivity index (χ4v) is 2.20. The first kappa shape index (κ1) is 11.2. The van der Waals surface area contributed by atoms with Gasteiger partial charge in [0.2, 0.25) is 5.91 Å². The topological polar surface area (TPSA) is 29.1 Å². The van der Waals surface area contributed by atoms with Crippen molar-refractivity contribution >= 4 is 50.7 Å². The second-order valence-corrected chi connectivity index (χ2v) is 5.98. The van der Waals surface area contributed by atoms with E-state index in [9.17, 15) is 4.79 Å². The number of amides is 1. The molecule has 1 unspecified atom stereocenters. The van der Waals surface area contributed by atoms with Gasteiger partial charge in [-0.2, -0.15) is 0 Å². The molecule has 0 heterocycles. The van der Waals surface area contributed by atoms with Crippen LogP contribution in [0.25, 0.3) is 0 Å². The third-order valence-corrected chi connectivity index (χ3v) is 3.56. The second-order valence-electron chi connectivity index (χ2n) is 3.52. The van der Waals surface area contributed by atoms with Crippen LogP contribution >= 0.6 is 39.1 Å². The number of anilines is 1. The monoisotopic (exact) mass is 307 g/mol. The van der Waals surface area contributed by atoms with Crippen molar-refractivity contribution < 1.29 is 4.79 Å². The van der Waals surface area contributed by atoms with E-state index < -0.39 is 4.33 Å². The van der Waals surface area contributed by atoms with E-state index in [1.165, 1.54) is 0 Å². The maximum Gasteiger partial charge on any atom is 0.230 e.